The number of hydrogen-bond donors (Lipinski definition) is 1. The quantitative estimate of drug-likeness (QED) is 0.491. The molecule has 0 aliphatic carbocycles. The third-order valence-electron chi connectivity index (χ3n) is 6.51. The van der Waals surface area contributed by atoms with Crippen LogP contribution in [0.1, 0.15) is 33.0 Å². The van der Waals surface area contributed by atoms with Crippen LogP contribution in [0.25, 0.3) is 5.76 Å². The van der Waals surface area contributed by atoms with Crippen molar-refractivity contribution in [3.8, 4) is 11.8 Å². The number of fused-ring (bicyclic) bond motifs is 2. The molecule has 192 valence electrons. The van der Waals surface area contributed by atoms with Crippen molar-refractivity contribution in [2.45, 2.75) is 12.5 Å². The average Bonchev–Trinajstić information content (AvgIpc) is 2.94. The number of ether oxygens (including phenoxy) is 3. The molecular weight excluding hydrogens is 506 g/mol. The molecule has 1 atom stereocenters. The van der Waals surface area contributed by atoms with Gasteiger partial charge in [0, 0.05) is 5.56 Å². The van der Waals surface area contributed by atoms with E-state index in [4.69, 9.17) is 19.9 Å². The molecule has 38 heavy (non-hydrogen) atoms. The van der Waals surface area contributed by atoms with E-state index in [-0.39, 0.29) is 34.2 Å². The standard InChI is InChI=1S/C28H23N3O6S/c1-35-20-13-7-17(8-14-20)16-31-23-6-4-3-5-21(23)25-26(38(31,33)34)24(22(15-29)27(30)37-25)18-9-11-19(12-10-18)28(32)36-2/h3-14,24H,16,30H2,1-2H3. The molecule has 0 aromatic heterocycles. The number of benzene rings is 3. The molecule has 10 heteroatoms. The molecule has 9 nitrogen and oxygen atoms in total. The van der Waals surface area contributed by atoms with Crippen LogP contribution in [0.5, 0.6) is 5.75 Å². The highest BCUT2D eigenvalue weighted by atomic mass is 32.2. The number of rotatable bonds is 5. The normalized spacial score (nSPS) is 17.6. The number of nitrogens with two attached hydrogens (primary N) is 1. The summed E-state index contributed by atoms with van der Waals surface area (Å²) in [4.78, 5) is 11.9. The van der Waals surface area contributed by atoms with Crippen molar-refractivity contribution in [2.75, 3.05) is 18.5 Å². The number of hydrogen-bond acceptors (Lipinski definition) is 8. The third-order valence-corrected chi connectivity index (χ3v) is 8.39. The monoisotopic (exact) mass is 529 g/mol. The van der Waals surface area contributed by atoms with Crippen LogP contribution in [0.3, 0.4) is 0 Å². The molecular formula is C28H23N3O6S. The molecule has 1 unspecified atom stereocenters. The van der Waals surface area contributed by atoms with Crippen LogP contribution in [0, 0.1) is 11.3 Å². The number of carbonyl (C=O) groups excluding carboxylic acids is 1. The van der Waals surface area contributed by atoms with Crippen molar-refractivity contribution in [1.29, 1.82) is 5.26 Å². The maximum Gasteiger partial charge on any atom is 0.337 e. The largest absolute Gasteiger partial charge is 0.497 e. The number of nitrogens with zero attached hydrogens (tertiary/aromatic N) is 2. The van der Waals surface area contributed by atoms with E-state index in [2.05, 4.69) is 0 Å². The topological polar surface area (TPSA) is 132 Å². The van der Waals surface area contributed by atoms with Gasteiger partial charge in [0.2, 0.25) is 5.88 Å². The van der Waals surface area contributed by atoms with Gasteiger partial charge in [-0.25, -0.2) is 13.2 Å². The second-order valence-electron chi connectivity index (χ2n) is 8.61. The first-order chi connectivity index (χ1) is 18.3. The molecule has 5 rings (SSSR count). The minimum absolute atomic E-state index is 0.0369. The van der Waals surface area contributed by atoms with E-state index >= 15 is 0 Å². The smallest absolute Gasteiger partial charge is 0.337 e. The molecule has 0 saturated heterocycles. The summed E-state index contributed by atoms with van der Waals surface area (Å²) in [5.41, 5.74) is 8.55. The Morgan fingerprint density at radius 1 is 1.05 bits per heavy atom. The van der Waals surface area contributed by atoms with E-state index < -0.39 is 21.9 Å². The van der Waals surface area contributed by atoms with E-state index in [0.717, 1.165) is 5.56 Å². The predicted molar refractivity (Wildman–Crippen MR) is 140 cm³/mol. The first-order valence-electron chi connectivity index (χ1n) is 11.5. The summed E-state index contributed by atoms with van der Waals surface area (Å²) in [6.07, 6.45) is 0. The van der Waals surface area contributed by atoms with Crippen molar-refractivity contribution >= 4 is 27.4 Å². The Balaban J connectivity index is 1.69. The van der Waals surface area contributed by atoms with E-state index in [1.54, 1.807) is 67.8 Å². The SMILES string of the molecule is COC(=O)c1ccc(C2C(C#N)=C(N)OC3=C2S(=O)(=O)N(Cc2ccc(OC)cc2)c2ccccc23)cc1. The minimum Gasteiger partial charge on any atom is -0.497 e. The number of esters is 1. The number of anilines is 1. The summed E-state index contributed by atoms with van der Waals surface area (Å²) in [5.74, 6) is -1.04. The lowest BCUT2D eigenvalue weighted by Crippen LogP contribution is -2.39. The first kappa shape index (κ1) is 24.9. The lowest BCUT2D eigenvalue weighted by atomic mass is 9.88. The van der Waals surface area contributed by atoms with Crippen LogP contribution in [-0.2, 0) is 26.0 Å². The summed E-state index contributed by atoms with van der Waals surface area (Å²) in [6, 6.07) is 22.3. The Morgan fingerprint density at radius 3 is 2.37 bits per heavy atom. The minimum atomic E-state index is -4.22. The number of para-hydroxylation sites is 1. The zero-order valence-electron chi connectivity index (χ0n) is 20.5. The highest BCUT2D eigenvalue weighted by molar-refractivity contribution is 7.96. The van der Waals surface area contributed by atoms with Crippen molar-refractivity contribution in [1.82, 2.24) is 0 Å². The van der Waals surface area contributed by atoms with Gasteiger partial charge in [0.15, 0.2) is 5.76 Å². The Labute approximate surface area is 220 Å². The van der Waals surface area contributed by atoms with Gasteiger partial charge in [0.05, 0.1) is 37.9 Å². The number of allylic oxidation sites excluding steroid dienone is 2. The molecule has 3 aromatic rings. The summed E-state index contributed by atoms with van der Waals surface area (Å²) in [7, 11) is -1.40. The van der Waals surface area contributed by atoms with Gasteiger partial charge < -0.3 is 19.9 Å². The Morgan fingerprint density at radius 2 is 1.74 bits per heavy atom. The van der Waals surface area contributed by atoms with Crippen LogP contribution >= 0.6 is 0 Å². The Kier molecular flexibility index (Phi) is 6.30. The molecule has 0 amide bonds. The summed E-state index contributed by atoms with van der Waals surface area (Å²) < 4.78 is 45.8. The van der Waals surface area contributed by atoms with Crippen molar-refractivity contribution in [3.05, 3.63) is 111 Å². The lowest BCUT2D eigenvalue weighted by molar-refractivity contribution is 0.0600. The van der Waals surface area contributed by atoms with Gasteiger partial charge in [0.25, 0.3) is 10.0 Å². The number of sulfonamides is 1. The number of nitriles is 1. The molecule has 2 heterocycles. The molecule has 0 fully saturated rings. The molecule has 0 saturated carbocycles. The van der Waals surface area contributed by atoms with Crippen LogP contribution in [-0.4, -0.2) is 28.6 Å². The maximum atomic E-state index is 14.3. The highest BCUT2D eigenvalue weighted by Gasteiger charge is 2.47. The molecule has 2 aliphatic rings. The summed E-state index contributed by atoms with van der Waals surface area (Å²) in [5, 5.41) is 10.00. The van der Waals surface area contributed by atoms with Gasteiger partial charge in [0.1, 0.15) is 22.3 Å². The van der Waals surface area contributed by atoms with Gasteiger partial charge in [-0.15, -0.1) is 0 Å². The van der Waals surface area contributed by atoms with Crippen molar-refractivity contribution in [3.63, 3.8) is 0 Å². The zero-order chi connectivity index (χ0) is 27.0. The lowest BCUT2D eigenvalue weighted by Gasteiger charge is -2.38. The van der Waals surface area contributed by atoms with Crippen LogP contribution < -0.4 is 14.8 Å². The third kappa shape index (κ3) is 4.03. The second-order valence-corrected chi connectivity index (χ2v) is 10.4. The summed E-state index contributed by atoms with van der Waals surface area (Å²) in [6.45, 7) is 0.0369. The van der Waals surface area contributed by atoms with Crippen LogP contribution in [0.4, 0.5) is 5.69 Å². The first-order valence-corrected chi connectivity index (χ1v) is 13.0. The fraction of sp³-hybridized carbons (Fsp3) is 0.143. The van der Waals surface area contributed by atoms with Gasteiger partial charge >= 0.3 is 5.97 Å². The van der Waals surface area contributed by atoms with Crippen molar-refractivity contribution < 1.29 is 27.4 Å². The Hall–Kier alpha value is -4.75. The van der Waals surface area contributed by atoms with Gasteiger partial charge in [-0.1, -0.05) is 36.4 Å². The molecule has 2 N–H and O–H groups in total. The average molecular weight is 530 g/mol. The predicted octanol–water partition coefficient (Wildman–Crippen LogP) is 4.01. The van der Waals surface area contributed by atoms with E-state index in [1.807, 2.05) is 6.07 Å². The van der Waals surface area contributed by atoms with Gasteiger partial charge in [-0.05, 0) is 47.5 Å². The molecule has 0 radical (unpaired) electrons. The second kappa shape index (κ2) is 9.61. The molecule has 3 aromatic carbocycles. The van der Waals surface area contributed by atoms with Crippen molar-refractivity contribution in [2.24, 2.45) is 5.73 Å². The highest BCUT2D eigenvalue weighted by Crippen LogP contribution is 2.51. The molecule has 0 spiro atoms. The summed E-state index contributed by atoms with van der Waals surface area (Å²) >= 11 is 0. The van der Waals surface area contributed by atoms with Gasteiger partial charge in [-0.3, -0.25) is 4.31 Å². The van der Waals surface area contributed by atoms with Gasteiger partial charge in [-0.2, -0.15) is 5.26 Å². The van der Waals surface area contributed by atoms with E-state index in [0.29, 0.717) is 22.6 Å². The molecule has 0 bridgehead atoms. The van der Waals surface area contributed by atoms with Crippen LogP contribution in [0.2, 0.25) is 0 Å². The Bertz CT molecular complexity index is 1640. The van der Waals surface area contributed by atoms with Crippen LogP contribution in [0.15, 0.2) is 89.2 Å². The number of carbonyl (C=O) groups is 1. The fourth-order valence-electron chi connectivity index (χ4n) is 4.64. The van der Waals surface area contributed by atoms with E-state index in [9.17, 15) is 18.5 Å². The fourth-order valence-corrected chi connectivity index (χ4v) is 6.55. The zero-order valence-corrected chi connectivity index (χ0v) is 21.4. The molecule has 2 aliphatic heterocycles. The van der Waals surface area contributed by atoms with E-state index in [1.165, 1.54) is 23.5 Å². The number of methoxy groups -OCH3 is 2. The maximum absolute atomic E-state index is 14.3.